The number of carbonyl (C=O) groups excluding carboxylic acids is 2. The van der Waals surface area contributed by atoms with Gasteiger partial charge in [0.1, 0.15) is 5.75 Å². The van der Waals surface area contributed by atoms with Gasteiger partial charge in [-0.2, -0.15) is 0 Å². The fraction of sp³-hybridized carbons (Fsp3) is 0.176. The van der Waals surface area contributed by atoms with Gasteiger partial charge in [0.15, 0.2) is 0 Å². The Labute approximate surface area is 154 Å². The van der Waals surface area contributed by atoms with E-state index in [1.165, 1.54) is 12.1 Å². The van der Waals surface area contributed by atoms with E-state index in [0.717, 1.165) is 11.1 Å². The zero-order valence-electron chi connectivity index (χ0n) is 13.5. The number of aryl methyl sites for hydroxylation is 2. The second-order valence-corrected chi connectivity index (χ2v) is 6.01. The molecule has 0 saturated heterocycles. The standard InChI is InChI=1S/C17H15Cl2FN2O3/c1-9-4-3-5-10(2)15(9)16(23)22-17(24)21-13-6-12(19)14(25-8-20)7-11(13)18/h3-7H,8H2,1-2H3,(H2,21,22,23,24). The Morgan fingerprint density at radius 2 is 1.76 bits per heavy atom. The van der Waals surface area contributed by atoms with Crippen molar-refractivity contribution in [3.63, 3.8) is 0 Å². The number of rotatable bonds is 4. The SMILES string of the molecule is Cc1cccc(C)c1C(=O)NC(=O)Nc1cc(Cl)c(OCF)cc1Cl. The van der Waals surface area contributed by atoms with Crippen molar-refractivity contribution < 1.29 is 18.7 Å². The van der Waals surface area contributed by atoms with Gasteiger partial charge in [0.05, 0.1) is 15.7 Å². The largest absolute Gasteiger partial charge is 0.461 e. The maximum absolute atomic E-state index is 12.3. The van der Waals surface area contributed by atoms with Crippen LogP contribution in [0.2, 0.25) is 10.0 Å². The van der Waals surface area contributed by atoms with Crippen molar-refractivity contribution in [2.45, 2.75) is 13.8 Å². The quantitative estimate of drug-likeness (QED) is 0.789. The van der Waals surface area contributed by atoms with Gasteiger partial charge in [-0.1, -0.05) is 41.4 Å². The average molecular weight is 385 g/mol. The molecule has 0 aliphatic heterocycles. The Morgan fingerprint density at radius 3 is 2.36 bits per heavy atom. The molecule has 132 valence electrons. The topological polar surface area (TPSA) is 67.4 Å². The van der Waals surface area contributed by atoms with Crippen LogP contribution < -0.4 is 15.4 Å². The molecule has 0 spiro atoms. The third-order valence-corrected chi connectivity index (χ3v) is 4.02. The predicted octanol–water partition coefficient (Wildman–Crippen LogP) is 4.88. The number of nitrogens with one attached hydrogen (secondary N) is 2. The lowest BCUT2D eigenvalue weighted by Gasteiger charge is -2.12. The minimum atomic E-state index is -1.06. The van der Waals surface area contributed by atoms with E-state index in [0.29, 0.717) is 5.56 Å². The Balaban J connectivity index is 2.13. The molecule has 8 heteroatoms. The highest BCUT2D eigenvalue weighted by Gasteiger charge is 2.16. The zero-order valence-corrected chi connectivity index (χ0v) is 15.0. The molecule has 0 aliphatic rings. The van der Waals surface area contributed by atoms with Crippen molar-refractivity contribution in [1.82, 2.24) is 5.32 Å². The highest BCUT2D eigenvalue weighted by Crippen LogP contribution is 2.34. The number of hydrogen-bond acceptors (Lipinski definition) is 3. The molecule has 0 fully saturated rings. The van der Waals surface area contributed by atoms with Crippen molar-refractivity contribution in [2.24, 2.45) is 0 Å². The third kappa shape index (κ3) is 4.61. The van der Waals surface area contributed by atoms with E-state index < -0.39 is 18.8 Å². The molecule has 0 atom stereocenters. The summed E-state index contributed by atoms with van der Waals surface area (Å²) in [5, 5.41) is 4.81. The van der Waals surface area contributed by atoms with Crippen LogP contribution in [0.3, 0.4) is 0 Å². The van der Waals surface area contributed by atoms with E-state index in [1.54, 1.807) is 26.0 Å². The van der Waals surface area contributed by atoms with Gasteiger partial charge in [-0.25, -0.2) is 9.18 Å². The Kier molecular flexibility index (Phi) is 6.22. The smallest absolute Gasteiger partial charge is 0.326 e. The van der Waals surface area contributed by atoms with Crippen LogP contribution in [0, 0.1) is 13.8 Å². The lowest BCUT2D eigenvalue weighted by molar-refractivity contribution is 0.0966. The number of halogens is 3. The van der Waals surface area contributed by atoms with E-state index in [1.807, 2.05) is 6.07 Å². The van der Waals surface area contributed by atoms with Gasteiger partial charge in [0, 0.05) is 11.6 Å². The van der Waals surface area contributed by atoms with E-state index in [2.05, 4.69) is 15.4 Å². The van der Waals surface area contributed by atoms with E-state index in [-0.39, 0.29) is 21.5 Å². The summed E-state index contributed by atoms with van der Waals surface area (Å²) in [7, 11) is 0. The van der Waals surface area contributed by atoms with Crippen LogP contribution in [0.4, 0.5) is 14.9 Å². The molecule has 0 aliphatic carbocycles. The molecule has 0 unspecified atom stereocenters. The first-order valence-electron chi connectivity index (χ1n) is 7.19. The Morgan fingerprint density at radius 1 is 1.12 bits per heavy atom. The molecule has 0 saturated carbocycles. The summed E-state index contributed by atoms with van der Waals surface area (Å²) in [5.74, 6) is -0.487. The highest BCUT2D eigenvalue weighted by atomic mass is 35.5. The molecule has 0 bridgehead atoms. The van der Waals surface area contributed by atoms with Crippen LogP contribution in [0.15, 0.2) is 30.3 Å². The van der Waals surface area contributed by atoms with Crippen molar-refractivity contribution in [3.8, 4) is 5.75 Å². The molecule has 25 heavy (non-hydrogen) atoms. The minimum Gasteiger partial charge on any atom is -0.461 e. The summed E-state index contributed by atoms with van der Waals surface area (Å²) in [6.45, 7) is 2.49. The molecule has 0 aromatic heterocycles. The van der Waals surface area contributed by atoms with Gasteiger partial charge in [0.2, 0.25) is 6.86 Å². The monoisotopic (exact) mass is 384 g/mol. The summed E-state index contributed by atoms with van der Waals surface area (Å²) < 4.78 is 16.9. The molecule has 2 rings (SSSR count). The van der Waals surface area contributed by atoms with Crippen molar-refractivity contribution >= 4 is 40.8 Å². The number of ether oxygens (including phenoxy) is 1. The minimum absolute atomic E-state index is 0.0479. The molecular weight excluding hydrogens is 370 g/mol. The van der Waals surface area contributed by atoms with Crippen LogP contribution in [0.5, 0.6) is 5.75 Å². The van der Waals surface area contributed by atoms with Crippen LogP contribution in [0.25, 0.3) is 0 Å². The molecule has 2 N–H and O–H groups in total. The van der Waals surface area contributed by atoms with Gasteiger partial charge in [-0.05, 0) is 31.0 Å². The van der Waals surface area contributed by atoms with Gasteiger partial charge in [0.25, 0.3) is 5.91 Å². The molecule has 3 amide bonds. The molecule has 5 nitrogen and oxygen atoms in total. The Bertz CT molecular complexity index is 808. The predicted molar refractivity (Wildman–Crippen MR) is 95.5 cm³/mol. The average Bonchev–Trinajstić information content (AvgIpc) is 2.52. The second-order valence-electron chi connectivity index (χ2n) is 5.19. The lowest BCUT2D eigenvalue weighted by atomic mass is 10.0. The number of carbonyl (C=O) groups is 2. The number of hydrogen-bond donors (Lipinski definition) is 2. The first-order valence-corrected chi connectivity index (χ1v) is 7.95. The summed E-state index contributed by atoms with van der Waals surface area (Å²) in [6, 6.07) is 7.18. The Hall–Kier alpha value is -2.31. The van der Waals surface area contributed by atoms with E-state index in [4.69, 9.17) is 23.2 Å². The first-order chi connectivity index (χ1) is 11.8. The number of imide groups is 1. The summed E-state index contributed by atoms with van der Waals surface area (Å²) in [6.07, 6.45) is 0. The zero-order chi connectivity index (χ0) is 18.6. The summed E-state index contributed by atoms with van der Waals surface area (Å²) in [5.41, 5.74) is 2.08. The normalized spacial score (nSPS) is 10.3. The van der Waals surface area contributed by atoms with Gasteiger partial charge in [-0.15, -0.1) is 0 Å². The molecule has 2 aromatic carbocycles. The van der Waals surface area contributed by atoms with Crippen molar-refractivity contribution in [3.05, 3.63) is 57.1 Å². The fourth-order valence-corrected chi connectivity index (χ4v) is 2.70. The lowest BCUT2D eigenvalue weighted by Crippen LogP contribution is -2.35. The maximum atomic E-state index is 12.3. The summed E-state index contributed by atoms with van der Waals surface area (Å²) >= 11 is 11.9. The van der Waals surface area contributed by atoms with E-state index in [9.17, 15) is 14.0 Å². The van der Waals surface area contributed by atoms with Gasteiger partial charge in [-0.3, -0.25) is 10.1 Å². The second kappa shape index (κ2) is 8.18. The molecular formula is C17H15Cl2FN2O3. The van der Waals surface area contributed by atoms with E-state index >= 15 is 0 Å². The van der Waals surface area contributed by atoms with Crippen LogP contribution >= 0.6 is 23.2 Å². The van der Waals surface area contributed by atoms with Gasteiger partial charge < -0.3 is 10.1 Å². The number of amides is 3. The maximum Gasteiger partial charge on any atom is 0.326 e. The van der Waals surface area contributed by atoms with Crippen molar-refractivity contribution in [1.29, 1.82) is 0 Å². The molecule has 2 aromatic rings. The first kappa shape index (κ1) is 19.0. The fourth-order valence-electron chi connectivity index (χ4n) is 2.29. The van der Waals surface area contributed by atoms with Crippen LogP contribution in [0.1, 0.15) is 21.5 Å². The molecule has 0 radical (unpaired) electrons. The third-order valence-electron chi connectivity index (χ3n) is 3.42. The molecule has 0 heterocycles. The van der Waals surface area contributed by atoms with Gasteiger partial charge >= 0.3 is 6.03 Å². The highest BCUT2D eigenvalue weighted by molar-refractivity contribution is 6.36. The number of urea groups is 1. The van der Waals surface area contributed by atoms with Crippen LogP contribution in [-0.4, -0.2) is 18.8 Å². The number of alkyl halides is 1. The number of anilines is 1. The van der Waals surface area contributed by atoms with Crippen molar-refractivity contribution in [2.75, 3.05) is 12.2 Å². The number of benzene rings is 2. The summed E-state index contributed by atoms with van der Waals surface area (Å²) in [4.78, 5) is 24.3. The van der Waals surface area contributed by atoms with Crippen LogP contribution in [-0.2, 0) is 0 Å².